The van der Waals surface area contributed by atoms with Crippen molar-refractivity contribution in [3.63, 3.8) is 0 Å². The molecule has 146 valence electrons. The van der Waals surface area contributed by atoms with Gasteiger partial charge in [0, 0.05) is 16.8 Å². The fraction of sp³-hybridized carbons (Fsp3) is 0.316. The summed E-state index contributed by atoms with van der Waals surface area (Å²) in [4.78, 5) is 13.6. The third kappa shape index (κ3) is 7.57. The second-order valence-corrected chi connectivity index (χ2v) is 10.5. The lowest BCUT2D eigenvalue weighted by Crippen LogP contribution is -2.49. The second kappa shape index (κ2) is 10.2. The van der Waals surface area contributed by atoms with Gasteiger partial charge in [-0.15, -0.1) is 11.3 Å². The van der Waals surface area contributed by atoms with Gasteiger partial charge >= 0.3 is 0 Å². The van der Waals surface area contributed by atoms with E-state index >= 15 is 0 Å². The Bertz CT molecular complexity index is 877. The standard InChI is InChI=1S/C19H23BrN2O3S2/c1-14(2)18(19(23)21-12-10-16-8-9-17(20)26-16)22-27(24,25)13-11-15-6-4-3-5-7-15/h3-9,11,13-14,18,22H,10,12H2,1-2H3,(H,21,23)/b13-11+/t18-/m0/s1. The van der Waals surface area contributed by atoms with Crippen LogP contribution in [0.5, 0.6) is 0 Å². The van der Waals surface area contributed by atoms with Gasteiger partial charge in [-0.3, -0.25) is 4.79 Å². The molecule has 0 spiro atoms. The smallest absolute Gasteiger partial charge is 0.238 e. The van der Waals surface area contributed by atoms with E-state index in [1.807, 2.05) is 56.3 Å². The highest BCUT2D eigenvalue weighted by molar-refractivity contribution is 9.11. The molecule has 2 rings (SSSR count). The van der Waals surface area contributed by atoms with Gasteiger partial charge in [-0.25, -0.2) is 8.42 Å². The van der Waals surface area contributed by atoms with Crippen LogP contribution in [0, 0.1) is 5.92 Å². The lowest BCUT2D eigenvalue weighted by molar-refractivity contribution is -0.123. The lowest BCUT2D eigenvalue weighted by Gasteiger charge is -2.20. The van der Waals surface area contributed by atoms with Gasteiger partial charge in [0.05, 0.1) is 3.79 Å². The van der Waals surface area contributed by atoms with Crippen molar-refractivity contribution in [2.75, 3.05) is 6.54 Å². The number of benzene rings is 1. The number of thiophene rings is 1. The Morgan fingerprint density at radius 1 is 1.19 bits per heavy atom. The van der Waals surface area contributed by atoms with Gasteiger partial charge in [-0.1, -0.05) is 44.2 Å². The van der Waals surface area contributed by atoms with Gasteiger partial charge in [-0.2, -0.15) is 4.72 Å². The van der Waals surface area contributed by atoms with Crippen LogP contribution < -0.4 is 10.0 Å². The molecule has 27 heavy (non-hydrogen) atoms. The van der Waals surface area contributed by atoms with Gasteiger partial charge in [-0.05, 0) is 52.0 Å². The molecule has 1 heterocycles. The number of halogens is 1. The minimum absolute atomic E-state index is 0.180. The number of nitrogens with one attached hydrogen (secondary N) is 2. The van der Waals surface area contributed by atoms with Crippen LogP contribution >= 0.6 is 27.3 Å². The zero-order valence-electron chi connectivity index (χ0n) is 15.2. The van der Waals surface area contributed by atoms with Crippen molar-refractivity contribution >= 4 is 49.3 Å². The molecule has 1 aromatic carbocycles. The second-order valence-electron chi connectivity index (χ2n) is 6.34. The zero-order chi connectivity index (χ0) is 19.9. The molecule has 1 atom stereocenters. The highest BCUT2D eigenvalue weighted by Gasteiger charge is 2.26. The molecule has 0 aliphatic rings. The number of carbonyl (C=O) groups excluding carboxylic acids is 1. The van der Waals surface area contributed by atoms with Crippen molar-refractivity contribution in [1.29, 1.82) is 0 Å². The molecule has 0 radical (unpaired) electrons. The number of hydrogen-bond donors (Lipinski definition) is 2. The van der Waals surface area contributed by atoms with Crippen molar-refractivity contribution in [2.45, 2.75) is 26.3 Å². The SMILES string of the molecule is CC(C)[C@H](NS(=O)(=O)/C=C/c1ccccc1)C(=O)NCCc1ccc(Br)s1. The number of hydrogen-bond acceptors (Lipinski definition) is 4. The average Bonchev–Trinajstić information content (AvgIpc) is 3.04. The Morgan fingerprint density at radius 2 is 1.89 bits per heavy atom. The lowest BCUT2D eigenvalue weighted by atomic mass is 10.1. The number of carbonyl (C=O) groups is 1. The van der Waals surface area contributed by atoms with E-state index in [1.165, 1.54) is 6.08 Å². The van der Waals surface area contributed by atoms with E-state index in [-0.39, 0.29) is 11.8 Å². The Balaban J connectivity index is 1.94. The molecule has 0 unspecified atom stereocenters. The predicted molar refractivity (Wildman–Crippen MR) is 115 cm³/mol. The van der Waals surface area contributed by atoms with Gasteiger partial charge in [0.15, 0.2) is 0 Å². The first-order valence-electron chi connectivity index (χ1n) is 8.54. The van der Waals surface area contributed by atoms with Crippen molar-refractivity contribution in [3.05, 3.63) is 62.1 Å². The highest BCUT2D eigenvalue weighted by atomic mass is 79.9. The Kier molecular flexibility index (Phi) is 8.22. The number of sulfonamides is 1. The number of rotatable bonds is 9. The minimum atomic E-state index is -3.74. The molecular formula is C19H23BrN2O3S2. The maximum Gasteiger partial charge on any atom is 0.238 e. The Hall–Kier alpha value is -1.48. The van der Waals surface area contributed by atoms with Crippen molar-refractivity contribution in [3.8, 4) is 0 Å². The van der Waals surface area contributed by atoms with Gasteiger partial charge in [0.25, 0.3) is 0 Å². The van der Waals surface area contributed by atoms with Crippen LogP contribution in [0.3, 0.4) is 0 Å². The van der Waals surface area contributed by atoms with Crippen molar-refractivity contribution in [2.24, 2.45) is 5.92 Å². The largest absolute Gasteiger partial charge is 0.354 e. The first-order valence-corrected chi connectivity index (χ1v) is 11.7. The molecule has 0 saturated carbocycles. The predicted octanol–water partition coefficient (Wildman–Crippen LogP) is 3.78. The molecule has 2 aromatic rings. The molecule has 0 fully saturated rings. The highest BCUT2D eigenvalue weighted by Crippen LogP contribution is 2.22. The fourth-order valence-electron chi connectivity index (χ4n) is 2.35. The van der Waals surface area contributed by atoms with Crippen molar-refractivity contribution < 1.29 is 13.2 Å². The van der Waals surface area contributed by atoms with Gasteiger partial charge in [0.1, 0.15) is 6.04 Å². The zero-order valence-corrected chi connectivity index (χ0v) is 18.4. The molecule has 2 N–H and O–H groups in total. The topological polar surface area (TPSA) is 75.3 Å². The molecule has 1 amide bonds. The Morgan fingerprint density at radius 3 is 2.48 bits per heavy atom. The van der Waals surface area contributed by atoms with Crippen LogP contribution in [0.4, 0.5) is 0 Å². The summed E-state index contributed by atoms with van der Waals surface area (Å²) in [5.41, 5.74) is 0.774. The summed E-state index contributed by atoms with van der Waals surface area (Å²) in [6.07, 6.45) is 2.21. The first kappa shape index (κ1) is 21.8. The third-order valence-corrected chi connectivity index (χ3v) is 6.54. The van der Waals surface area contributed by atoms with Crippen LogP contribution in [0.2, 0.25) is 0 Å². The molecule has 5 nitrogen and oxygen atoms in total. The normalized spacial score (nSPS) is 13.2. The van der Waals surface area contributed by atoms with Crippen LogP contribution in [0.15, 0.2) is 51.7 Å². The average molecular weight is 471 g/mol. The maximum absolute atomic E-state index is 12.5. The number of amides is 1. The van der Waals surface area contributed by atoms with Crippen LogP contribution in [-0.4, -0.2) is 26.9 Å². The quantitative estimate of drug-likeness (QED) is 0.585. The van der Waals surface area contributed by atoms with E-state index < -0.39 is 16.1 Å². The van der Waals surface area contributed by atoms with E-state index in [0.29, 0.717) is 13.0 Å². The van der Waals surface area contributed by atoms with Gasteiger partial charge < -0.3 is 5.32 Å². The molecule has 0 aliphatic heterocycles. The monoisotopic (exact) mass is 470 g/mol. The Labute approximate surface area is 173 Å². The van der Waals surface area contributed by atoms with Gasteiger partial charge in [0.2, 0.25) is 15.9 Å². The van der Waals surface area contributed by atoms with E-state index in [2.05, 4.69) is 26.0 Å². The summed E-state index contributed by atoms with van der Waals surface area (Å²) in [5.74, 6) is -0.502. The summed E-state index contributed by atoms with van der Waals surface area (Å²) >= 11 is 5.02. The first-order chi connectivity index (χ1) is 12.8. The third-order valence-electron chi connectivity index (χ3n) is 3.78. The molecule has 1 aromatic heterocycles. The van der Waals surface area contributed by atoms with E-state index in [4.69, 9.17) is 0 Å². The molecule has 0 bridgehead atoms. The van der Waals surface area contributed by atoms with Crippen LogP contribution in [0.25, 0.3) is 6.08 Å². The fourth-order valence-corrected chi connectivity index (χ4v) is 4.98. The summed E-state index contributed by atoms with van der Waals surface area (Å²) in [6.45, 7) is 4.07. The van der Waals surface area contributed by atoms with E-state index in [9.17, 15) is 13.2 Å². The summed E-state index contributed by atoms with van der Waals surface area (Å²) < 4.78 is 28.2. The molecular weight excluding hydrogens is 448 g/mol. The van der Waals surface area contributed by atoms with E-state index in [0.717, 1.165) is 19.6 Å². The molecule has 8 heteroatoms. The summed E-state index contributed by atoms with van der Waals surface area (Å²) in [7, 11) is -3.74. The van der Waals surface area contributed by atoms with Crippen LogP contribution in [-0.2, 0) is 21.2 Å². The molecule has 0 aliphatic carbocycles. The van der Waals surface area contributed by atoms with E-state index in [1.54, 1.807) is 11.3 Å². The summed E-state index contributed by atoms with van der Waals surface area (Å²) in [6, 6.07) is 12.3. The minimum Gasteiger partial charge on any atom is -0.354 e. The maximum atomic E-state index is 12.5. The van der Waals surface area contributed by atoms with Crippen molar-refractivity contribution in [1.82, 2.24) is 10.0 Å². The summed E-state index contributed by atoms with van der Waals surface area (Å²) in [5, 5.41) is 3.91. The van der Waals surface area contributed by atoms with Crippen LogP contribution in [0.1, 0.15) is 24.3 Å². The molecule has 0 saturated heterocycles.